The molecule has 84 valence electrons. The van der Waals surface area contributed by atoms with Crippen LogP contribution in [-0.2, 0) is 20.0 Å². The Bertz CT molecular complexity index is 359. The fourth-order valence-electron chi connectivity index (χ4n) is 1.28. The van der Waals surface area contributed by atoms with Gasteiger partial charge in [-0.1, -0.05) is 18.2 Å². The number of anilines is 1. The third-order valence-electron chi connectivity index (χ3n) is 2.27. The number of para-hydroxylation sites is 1. The van der Waals surface area contributed by atoms with E-state index in [4.69, 9.17) is 14.8 Å². The maximum Gasteiger partial charge on any atom is 0.330 e. The molecule has 0 saturated carbocycles. The van der Waals surface area contributed by atoms with E-state index >= 15 is 0 Å². The van der Waals surface area contributed by atoms with Gasteiger partial charge in [-0.05, 0) is 18.1 Å². The Balaban J connectivity index is 2.65. The molecule has 0 radical (unpaired) electrons. The zero-order valence-corrected chi connectivity index (χ0v) is 9.87. The smallest absolute Gasteiger partial charge is 0.330 e. The largest absolute Gasteiger partial charge is 0.399 e. The molecule has 0 saturated heterocycles. The summed E-state index contributed by atoms with van der Waals surface area (Å²) in [5.74, 6) is 0. The number of hydrogen-bond donors (Lipinski definition) is 1. The highest BCUT2D eigenvalue weighted by molar-refractivity contribution is 7.53. The average molecular weight is 229 g/mol. The lowest BCUT2D eigenvalue weighted by Crippen LogP contribution is -2.01. The lowest BCUT2D eigenvalue weighted by atomic mass is 10.1. The van der Waals surface area contributed by atoms with Gasteiger partial charge in [0.1, 0.15) is 0 Å². The molecule has 0 aromatic heterocycles. The molecule has 0 spiro atoms. The third-order valence-corrected chi connectivity index (χ3v) is 4.15. The van der Waals surface area contributed by atoms with Gasteiger partial charge in [-0.3, -0.25) is 4.57 Å². The van der Waals surface area contributed by atoms with E-state index in [2.05, 4.69) is 0 Å². The topological polar surface area (TPSA) is 61.5 Å². The molecule has 5 heteroatoms. The number of nitrogens with two attached hydrogens (primary N) is 1. The minimum absolute atomic E-state index is 0.341. The molecule has 2 N–H and O–H groups in total. The Hall–Kier alpha value is -0.830. The van der Waals surface area contributed by atoms with E-state index in [9.17, 15) is 4.57 Å². The molecule has 1 rings (SSSR count). The summed E-state index contributed by atoms with van der Waals surface area (Å²) in [6.07, 6.45) is 0.930. The highest BCUT2D eigenvalue weighted by Crippen LogP contribution is 2.46. The van der Waals surface area contributed by atoms with Crippen molar-refractivity contribution in [3.63, 3.8) is 0 Å². The Morgan fingerprint density at radius 3 is 2.40 bits per heavy atom. The maximum absolute atomic E-state index is 11.8. The number of rotatable bonds is 5. The normalized spacial score (nSPS) is 11.6. The monoisotopic (exact) mass is 229 g/mol. The maximum atomic E-state index is 11.8. The second-order valence-electron chi connectivity index (χ2n) is 3.15. The van der Waals surface area contributed by atoms with Crippen molar-refractivity contribution in [2.24, 2.45) is 0 Å². The van der Waals surface area contributed by atoms with Crippen LogP contribution < -0.4 is 5.73 Å². The minimum atomic E-state index is -2.92. The second-order valence-corrected chi connectivity index (χ2v) is 5.55. The zero-order valence-electron chi connectivity index (χ0n) is 8.97. The molecule has 0 bridgehead atoms. The lowest BCUT2D eigenvalue weighted by molar-refractivity contribution is 0.276. The molecule has 0 atom stereocenters. The molecule has 0 aliphatic rings. The summed E-state index contributed by atoms with van der Waals surface area (Å²) in [4.78, 5) is 0. The molecule has 0 fully saturated rings. The fourth-order valence-corrected chi connectivity index (χ4v) is 2.31. The molecule has 4 nitrogen and oxygen atoms in total. The van der Waals surface area contributed by atoms with Crippen LogP contribution in [0.2, 0.25) is 0 Å². The van der Waals surface area contributed by atoms with Gasteiger partial charge in [0, 0.05) is 19.9 Å². The third kappa shape index (κ3) is 3.34. The molecule has 1 aromatic carbocycles. The van der Waals surface area contributed by atoms with Crippen LogP contribution in [0.4, 0.5) is 5.69 Å². The van der Waals surface area contributed by atoms with Gasteiger partial charge in [-0.15, -0.1) is 0 Å². The van der Waals surface area contributed by atoms with Gasteiger partial charge in [0.2, 0.25) is 0 Å². The van der Waals surface area contributed by atoms with E-state index in [1.807, 2.05) is 24.3 Å². The van der Waals surface area contributed by atoms with E-state index in [1.165, 1.54) is 14.2 Å². The van der Waals surface area contributed by atoms with Crippen molar-refractivity contribution in [1.82, 2.24) is 0 Å². The summed E-state index contributed by atoms with van der Waals surface area (Å²) in [7, 11) is -0.147. The van der Waals surface area contributed by atoms with Gasteiger partial charge in [-0.2, -0.15) is 0 Å². The van der Waals surface area contributed by atoms with Crippen LogP contribution in [0.1, 0.15) is 5.56 Å². The molecule has 0 amide bonds. The van der Waals surface area contributed by atoms with Crippen LogP contribution >= 0.6 is 7.60 Å². The highest BCUT2D eigenvalue weighted by Gasteiger charge is 2.20. The second kappa shape index (κ2) is 5.31. The Morgan fingerprint density at radius 1 is 1.27 bits per heavy atom. The molecule has 0 heterocycles. The summed E-state index contributed by atoms with van der Waals surface area (Å²) in [5, 5.41) is 0. The summed E-state index contributed by atoms with van der Waals surface area (Å²) >= 11 is 0. The van der Waals surface area contributed by atoms with Crippen LogP contribution in [0, 0.1) is 0 Å². The van der Waals surface area contributed by atoms with E-state index < -0.39 is 7.60 Å². The fraction of sp³-hybridized carbons (Fsp3) is 0.400. The van der Waals surface area contributed by atoms with Gasteiger partial charge in [0.15, 0.2) is 0 Å². The molecular formula is C10H16NO3P. The Morgan fingerprint density at radius 2 is 1.87 bits per heavy atom. The molecule has 0 aliphatic carbocycles. The Labute approximate surface area is 89.9 Å². The van der Waals surface area contributed by atoms with Crippen LogP contribution in [-0.4, -0.2) is 20.4 Å². The highest BCUT2D eigenvalue weighted by atomic mass is 31.2. The van der Waals surface area contributed by atoms with Crippen molar-refractivity contribution in [2.75, 3.05) is 26.1 Å². The number of hydrogen-bond acceptors (Lipinski definition) is 4. The van der Waals surface area contributed by atoms with E-state index in [0.29, 0.717) is 18.3 Å². The molecule has 15 heavy (non-hydrogen) atoms. The Kier molecular flexibility index (Phi) is 4.33. The molecule has 1 aromatic rings. The van der Waals surface area contributed by atoms with Crippen LogP contribution in [0.3, 0.4) is 0 Å². The van der Waals surface area contributed by atoms with Gasteiger partial charge >= 0.3 is 7.60 Å². The van der Waals surface area contributed by atoms with Gasteiger partial charge in [-0.25, -0.2) is 0 Å². The number of nitrogen functional groups attached to an aromatic ring is 1. The summed E-state index contributed by atoms with van der Waals surface area (Å²) in [5.41, 5.74) is 7.43. The van der Waals surface area contributed by atoms with Crippen molar-refractivity contribution in [1.29, 1.82) is 0 Å². The van der Waals surface area contributed by atoms with Crippen molar-refractivity contribution in [2.45, 2.75) is 6.42 Å². The minimum Gasteiger partial charge on any atom is -0.399 e. The van der Waals surface area contributed by atoms with Crippen molar-refractivity contribution in [3.05, 3.63) is 29.8 Å². The lowest BCUT2D eigenvalue weighted by Gasteiger charge is -2.13. The average Bonchev–Trinajstić information content (AvgIpc) is 2.28. The SMILES string of the molecule is COP(=O)(CCc1ccccc1N)OC. The van der Waals surface area contributed by atoms with E-state index in [0.717, 1.165) is 5.56 Å². The van der Waals surface area contributed by atoms with Crippen LogP contribution in [0.15, 0.2) is 24.3 Å². The summed E-state index contributed by atoms with van der Waals surface area (Å²) < 4.78 is 21.4. The van der Waals surface area contributed by atoms with E-state index in [-0.39, 0.29) is 0 Å². The first-order valence-corrected chi connectivity index (χ1v) is 6.38. The predicted molar refractivity (Wildman–Crippen MR) is 61.0 cm³/mol. The molecule has 0 unspecified atom stereocenters. The molecular weight excluding hydrogens is 213 g/mol. The van der Waals surface area contributed by atoms with Crippen LogP contribution in [0.25, 0.3) is 0 Å². The summed E-state index contributed by atoms with van der Waals surface area (Å²) in [6.45, 7) is 0. The van der Waals surface area contributed by atoms with Gasteiger partial charge in [0.25, 0.3) is 0 Å². The number of benzene rings is 1. The van der Waals surface area contributed by atoms with Crippen molar-refractivity contribution in [3.8, 4) is 0 Å². The summed E-state index contributed by atoms with van der Waals surface area (Å²) in [6, 6.07) is 7.49. The first kappa shape index (κ1) is 12.2. The quantitative estimate of drug-likeness (QED) is 0.621. The standard InChI is InChI=1S/C10H16NO3P/c1-13-15(12,14-2)8-7-9-5-3-4-6-10(9)11/h3-6H,7-8,11H2,1-2H3. The van der Waals surface area contributed by atoms with Crippen molar-refractivity contribution < 1.29 is 13.6 Å². The van der Waals surface area contributed by atoms with Crippen LogP contribution in [0.5, 0.6) is 0 Å². The molecule has 0 aliphatic heterocycles. The van der Waals surface area contributed by atoms with Crippen molar-refractivity contribution >= 4 is 13.3 Å². The van der Waals surface area contributed by atoms with Gasteiger partial charge < -0.3 is 14.8 Å². The van der Waals surface area contributed by atoms with E-state index in [1.54, 1.807) is 0 Å². The number of aryl methyl sites for hydroxylation is 1. The first-order valence-electron chi connectivity index (χ1n) is 4.65. The first-order chi connectivity index (χ1) is 7.11. The predicted octanol–water partition coefficient (Wildman–Crippen LogP) is 2.30. The zero-order chi connectivity index (χ0) is 11.3. The van der Waals surface area contributed by atoms with Gasteiger partial charge in [0.05, 0.1) is 6.16 Å².